The summed E-state index contributed by atoms with van der Waals surface area (Å²) in [7, 11) is 0. The topological polar surface area (TPSA) is 117 Å². The van der Waals surface area contributed by atoms with E-state index >= 15 is 0 Å². The lowest BCUT2D eigenvalue weighted by atomic mass is 10.1. The van der Waals surface area contributed by atoms with Crippen molar-refractivity contribution < 1.29 is 42.7 Å². The van der Waals surface area contributed by atoms with Crippen molar-refractivity contribution in [3.63, 3.8) is 0 Å². The molecule has 0 amide bonds. The van der Waals surface area contributed by atoms with Crippen molar-refractivity contribution in [3.05, 3.63) is 0 Å². The molecule has 35 heavy (non-hydrogen) atoms. The second-order valence-corrected chi connectivity index (χ2v) is 7.81. The highest BCUT2D eigenvalue weighted by atomic mass is 16.6. The molecule has 0 atom stereocenters. The van der Waals surface area contributed by atoms with E-state index in [1.165, 1.54) is 25.7 Å². The molecule has 0 aromatic rings. The van der Waals surface area contributed by atoms with Crippen molar-refractivity contribution in [2.75, 3.05) is 106 Å². The zero-order valence-electron chi connectivity index (χ0n) is 22.0. The molecule has 0 unspecified atom stereocenters. The Morgan fingerprint density at radius 3 is 1.23 bits per heavy atom. The Bertz CT molecular complexity index is 416. The van der Waals surface area contributed by atoms with Gasteiger partial charge in [-0.15, -0.1) is 0 Å². The molecule has 0 aliphatic rings. The van der Waals surface area contributed by atoms with Gasteiger partial charge in [-0.25, -0.2) is 0 Å². The third-order valence-corrected chi connectivity index (χ3v) is 4.72. The van der Waals surface area contributed by atoms with Crippen LogP contribution in [0, 0.1) is 0 Å². The third-order valence-electron chi connectivity index (χ3n) is 4.72. The number of nitrogens with two attached hydrogens (primary N) is 1. The van der Waals surface area contributed by atoms with Crippen LogP contribution in [0.4, 0.5) is 0 Å². The lowest BCUT2D eigenvalue weighted by Gasteiger charge is -2.08. The maximum Gasteiger partial charge on any atom is 0.305 e. The standard InChI is InChI=1S/C25H51NO9/c1-2-3-4-5-6-7-8-25(27)35-24-23-34-22-21-33-20-19-32-18-17-31-16-15-30-14-13-29-12-11-28-10-9-26/h2-24,26H2,1H3. The summed E-state index contributed by atoms with van der Waals surface area (Å²) < 4.78 is 42.8. The minimum Gasteiger partial charge on any atom is -0.463 e. The maximum atomic E-state index is 11.6. The van der Waals surface area contributed by atoms with Gasteiger partial charge >= 0.3 is 5.97 Å². The fourth-order valence-electron chi connectivity index (χ4n) is 2.84. The molecule has 210 valence electrons. The van der Waals surface area contributed by atoms with Crippen LogP contribution in [-0.4, -0.2) is 112 Å². The molecule has 0 radical (unpaired) electrons. The van der Waals surface area contributed by atoms with E-state index in [1.54, 1.807) is 0 Å². The summed E-state index contributed by atoms with van der Waals surface area (Å²) in [6.45, 7) is 10.1. The molecular formula is C25H51NO9. The monoisotopic (exact) mass is 509 g/mol. The predicted molar refractivity (Wildman–Crippen MR) is 134 cm³/mol. The number of esters is 1. The zero-order valence-corrected chi connectivity index (χ0v) is 22.0. The first kappa shape index (κ1) is 34.1. The number of unbranched alkanes of at least 4 members (excludes halogenated alkanes) is 5. The minimum atomic E-state index is -0.139. The molecule has 0 rings (SSSR count). The fraction of sp³-hybridized carbons (Fsp3) is 0.960. The average Bonchev–Trinajstić information content (AvgIpc) is 2.86. The summed E-state index contributed by atoms with van der Waals surface area (Å²) in [5.74, 6) is -0.139. The lowest BCUT2D eigenvalue weighted by molar-refractivity contribution is -0.145. The summed E-state index contributed by atoms with van der Waals surface area (Å²) in [6.07, 6.45) is 7.46. The van der Waals surface area contributed by atoms with Crippen LogP contribution in [0.2, 0.25) is 0 Å². The first-order valence-electron chi connectivity index (χ1n) is 13.2. The minimum absolute atomic E-state index is 0.139. The molecule has 0 aliphatic carbocycles. The molecule has 2 N–H and O–H groups in total. The molecule has 0 heterocycles. The van der Waals surface area contributed by atoms with E-state index in [0.29, 0.717) is 112 Å². The van der Waals surface area contributed by atoms with Crippen LogP contribution in [0.5, 0.6) is 0 Å². The van der Waals surface area contributed by atoms with Crippen LogP contribution < -0.4 is 5.73 Å². The van der Waals surface area contributed by atoms with E-state index in [2.05, 4.69) is 6.92 Å². The van der Waals surface area contributed by atoms with Gasteiger partial charge in [0, 0.05) is 13.0 Å². The Balaban J connectivity index is 3.09. The van der Waals surface area contributed by atoms with Gasteiger partial charge in [0.25, 0.3) is 0 Å². The molecule has 0 bridgehead atoms. The molecule has 0 saturated carbocycles. The van der Waals surface area contributed by atoms with Crippen molar-refractivity contribution in [3.8, 4) is 0 Å². The molecular weight excluding hydrogens is 458 g/mol. The summed E-state index contributed by atoms with van der Waals surface area (Å²) in [6, 6.07) is 0. The number of hydrogen-bond donors (Lipinski definition) is 1. The second-order valence-electron chi connectivity index (χ2n) is 7.81. The van der Waals surface area contributed by atoms with E-state index in [9.17, 15) is 4.79 Å². The molecule has 0 fully saturated rings. The van der Waals surface area contributed by atoms with E-state index in [1.807, 2.05) is 0 Å². The van der Waals surface area contributed by atoms with Gasteiger partial charge in [-0.2, -0.15) is 0 Å². The van der Waals surface area contributed by atoms with Gasteiger partial charge in [0.05, 0.1) is 92.5 Å². The Kier molecular flexibility index (Phi) is 30.4. The molecule has 0 aliphatic heterocycles. The van der Waals surface area contributed by atoms with Crippen molar-refractivity contribution in [1.29, 1.82) is 0 Å². The first-order chi connectivity index (χ1) is 17.3. The molecule has 0 spiro atoms. The quantitative estimate of drug-likeness (QED) is 0.114. The first-order valence-corrected chi connectivity index (χ1v) is 13.2. The summed E-state index contributed by atoms with van der Waals surface area (Å²) in [4.78, 5) is 11.6. The van der Waals surface area contributed by atoms with Crippen LogP contribution in [-0.2, 0) is 42.7 Å². The maximum absolute atomic E-state index is 11.6. The molecule has 10 nitrogen and oxygen atoms in total. The second kappa shape index (κ2) is 31.2. The highest BCUT2D eigenvalue weighted by molar-refractivity contribution is 5.69. The molecule has 10 heteroatoms. The van der Waals surface area contributed by atoms with Gasteiger partial charge in [0.15, 0.2) is 0 Å². The van der Waals surface area contributed by atoms with Gasteiger partial charge in [-0.3, -0.25) is 4.79 Å². The van der Waals surface area contributed by atoms with Gasteiger partial charge in [-0.05, 0) is 6.42 Å². The number of carbonyl (C=O) groups is 1. The normalized spacial score (nSPS) is 11.3. The van der Waals surface area contributed by atoms with Crippen LogP contribution in [0.1, 0.15) is 51.9 Å². The molecule has 0 aromatic carbocycles. The highest BCUT2D eigenvalue weighted by Gasteiger charge is 2.02. The van der Waals surface area contributed by atoms with Gasteiger partial charge in [0.1, 0.15) is 6.61 Å². The Morgan fingerprint density at radius 2 is 0.829 bits per heavy atom. The average molecular weight is 510 g/mol. The van der Waals surface area contributed by atoms with Crippen molar-refractivity contribution in [1.82, 2.24) is 0 Å². The number of carbonyl (C=O) groups excluding carboxylic acids is 1. The smallest absolute Gasteiger partial charge is 0.305 e. The van der Waals surface area contributed by atoms with Crippen LogP contribution in [0.15, 0.2) is 0 Å². The fourth-order valence-corrected chi connectivity index (χ4v) is 2.84. The van der Waals surface area contributed by atoms with Gasteiger partial charge in [-0.1, -0.05) is 39.0 Å². The van der Waals surface area contributed by atoms with E-state index in [4.69, 9.17) is 43.6 Å². The summed E-state index contributed by atoms with van der Waals surface area (Å²) in [5.41, 5.74) is 5.32. The largest absolute Gasteiger partial charge is 0.463 e. The van der Waals surface area contributed by atoms with Crippen LogP contribution in [0.3, 0.4) is 0 Å². The van der Waals surface area contributed by atoms with E-state index < -0.39 is 0 Å². The summed E-state index contributed by atoms with van der Waals surface area (Å²) in [5, 5.41) is 0. The lowest BCUT2D eigenvalue weighted by Crippen LogP contribution is -2.15. The van der Waals surface area contributed by atoms with Gasteiger partial charge < -0.3 is 43.6 Å². The van der Waals surface area contributed by atoms with E-state index in [-0.39, 0.29) is 5.97 Å². The van der Waals surface area contributed by atoms with Crippen LogP contribution >= 0.6 is 0 Å². The Morgan fingerprint density at radius 1 is 0.486 bits per heavy atom. The predicted octanol–water partition coefficient (Wildman–Crippen LogP) is 2.36. The zero-order chi connectivity index (χ0) is 25.5. The number of ether oxygens (including phenoxy) is 8. The molecule has 0 saturated heterocycles. The Hall–Kier alpha value is -0.850. The summed E-state index contributed by atoms with van der Waals surface area (Å²) >= 11 is 0. The highest BCUT2D eigenvalue weighted by Crippen LogP contribution is 2.07. The van der Waals surface area contributed by atoms with Crippen molar-refractivity contribution >= 4 is 5.97 Å². The van der Waals surface area contributed by atoms with Gasteiger partial charge in [0.2, 0.25) is 0 Å². The van der Waals surface area contributed by atoms with E-state index in [0.717, 1.165) is 12.8 Å². The third kappa shape index (κ3) is 31.1. The van der Waals surface area contributed by atoms with Crippen molar-refractivity contribution in [2.45, 2.75) is 51.9 Å². The number of rotatable bonds is 30. The Labute approximate surface area is 212 Å². The number of hydrogen-bond acceptors (Lipinski definition) is 10. The SMILES string of the molecule is CCCCCCCCC(=O)OCCOCCOCCOCCOCCOCCOCCOCCN. The van der Waals surface area contributed by atoms with Crippen LogP contribution in [0.25, 0.3) is 0 Å². The molecule has 0 aromatic heterocycles. The van der Waals surface area contributed by atoms with Crippen molar-refractivity contribution in [2.24, 2.45) is 5.73 Å².